The number of aromatic amines is 1. The average Bonchev–Trinajstić information content (AvgIpc) is 3.35. The molecule has 0 aliphatic carbocycles. The van der Waals surface area contributed by atoms with E-state index in [1.54, 1.807) is 31.6 Å². The molecule has 1 aliphatic rings. The van der Waals surface area contributed by atoms with Gasteiger partial charge in [-0.05, 0) is 36.8 Å². The van der Waals surface area contributed by atoms with Crippen molar-refractivity contribution < 1.29 is 14.3 Å². The smallest absolute Gasteiger partial charge is 0.242 e. The van der Waals surface area contributed by atoms with Crippen molar-refractivity contribution in [2.75, 3.05) is 44.6 Å². The van der Waals surface area contributed by atoms with Crippen molar-refractivity contribution in [3.63, 3.8) is 0 Å². The number of fused-ring (bicyclic) bond motifs is 1. The summed E-state index contributed by atoms with van der Waals surface area (Å²) in [6.45, 7) is 6.74. The minimum Gasteiger partial charge on any atom is -0.486 e. The molecule has 0 spiro atoms. The summed E-state index contributed by atoms with van der Waals surface area (Å²) in [4.78, 5) is 24.3. The van der Waals surface area contributed by atoms with E-state index >= 15 is 0 Å². The molecule has 11 heteroatoms. The Kier molecular flexibility index (Phi) is 8.20. The van der Waals surface area contributed by atoms with Crippen LogP contribution in [0, 0.1) is 0 Å². The fourth-order valence-corrected chi connectivity index (χ4v) is 4.61. The largest absolute Gasteiger partial charge is 0.486 e. The Morgan fingerprint density at radius 2 is 2.00 bits per heavy atom. The normalized spacial score (nSPS) is 14.0. The number of halogens is 1. The molecule has 3 aromatic heterocycles. The monoisotopic (exact) mass is 535 g/mol. The quantitative estimate of drug-likeness (QED) is 0.290. The Balaban J connectivity index is 1.18. The molecule has 10 nitrogen and oxygen atoms in total. The second kappa shape index (κ2) is 12.1. The van der Waals surface area contributed by atoms with E-state index in [9.17, 15) is 4.79 Å². The standard InChI is InChI=1S/C27H30ClN7O3/c1-19(36)35-12-10-34(11-13-35)9-4-14-37-27-26-23(16-29-17-24(26)32-33-27)31-20-6-7-25(22(28)15-20)38-18-21-5-2-3-8-30-21/h2-3,5-8,15-17,31H,4,9-14,18H2,1H3,(H,32,33). The summed E-state index contributed by atoms with van der Waals surface area (Å²) in [5, 5.41) is 12.0. The van der Waals surface area contributed by atoms with Crippen molar-refractivity contribution in [1.29, 1.82) is 0 Å². The van der Waals surface area contributed by atoms with Crippen LogP contribution in [0.1, 0.15) is 19.0 Å². The molecule has 4 aromatic rings. The topological polar surface area (TPSA) is 108 Å². The van der Waals surface area contributed by atoms with E-state index in [2.05, 4.69) is 30.4 Å². The number of hydrogen-bond donors (Lipinski definition) is 2. The molecule has 2 N–H and O–H groups in total. The molecule has 1 aliphatic heterocycles. The number of hydrogen-bond acceptors (Lipinski definition) is 8. The van der Waals surface area contributed by atoms with E-state index in [0.717, 1.165) is 67.1 Å². The van der Waals surface area contributed by atoms with Gasteiger partial charge in [0.05, 0.1) is 46.3 Å². The minimum absolute atomic E-state index is 0.143. The van der Waals surface area contributed by atoms with E-state index < -0.39 is 0 Å². The van der Waals surface area contributed by atoms with E-state index in [4.69, 9.17) is 21.1 Å². The lowest BCUT2D eigenvalue weighted by molar-refractivity contribution is -0.130. The van der Waals surface area contributed by atoms with E-state index in [1.807, 2.05) is 35.2 Å². The lowest BCUT2D eigenvalue weighted by atomic mass is 10.2. The number of carbonyl (C=O) groups excluding carboxylic acids is 1. The number of rotatable bonds is 10. The number of aromatic nitrogens is 4. The number of H-pyrrole nitrogens is 1. The molecule has 1 aromatic carbocycles. The van der Waals surface area contributed by atoms with Crippen molar-refractivity contribution in [3.05, 3.63) is 65.7 Å². The zero-order valence-corrected chi connectivity index (χ0v) is 21.9. The molecule has 38 heavy (non-hydrogen) atoms. The molecule has 198 valence electrons. The Morgan fingerprint density at radius 1 is 1.13 bits per heavy atom. The second-order valence-electron chi connectivity index (χ2n) is 9.07. The van der Waals surface area contributed by atoms with Gasteiger partial charge in [0, 0.05) is 51.5 Å². The number of benzene rings is 1. The molecule has 4 heterocycles. The summed E-state index contributed by atoms with van der Waals surface area (Å²) in [6, 6.07) is 11.2. The van der Waals surface area contributed by atoms with Crippen molar-refractivity contribution in [2.24, 2.45) is 0 Å². The third-order valence-electron chi connectivity index (χ3n) is 6.43. The molecule has 0 saturated carbocycles. The first-order valence-electron chi connectivity index (χ1n) is 12.6. The Bertz CT molecular complexity index is 1370. The lowest BCUT2D eigenvalue weighted by Crippen LogP contribution is -2.48. The fraction of sp³-hybridized carbons (Fsp3) is 0.333. The van der Waals surface area contributed by atoms with Crippen LogP contribution >= 0.6 is 11.6 Å². The van der Waals surface area contributed by atoms with Gasteiger partial charge >= 0.3 is 0 Å². The van der Waals surface area contributed by atoms with E-state index in [-0.39, 0.29) is 5.91 Å². The maximum atomic E-state index is 11.5. The number of nitrogens with one attached hydrogen (secondary N) is 2. The first-order valence-corrected chi connectivity index (χ1v) is 13.0. The summed E-state index contributed by atoms with van der Waals surface area (Å²) >= 11 is 6.49. The third kappa shape index (κ3) is 6.32. The van der Waals surface area contributed by atoms with Crippen molar-refractivity contribution in [2.45, 2.75) is 20.0 Å². The summed E-state index contributed by atoms with van der Waals surface area (Å²) in [7, 11) is 0. The molecule has 0 radical (unpaired) electrons. The van der Waals surface area contributed by atoms with Crippen molar-refractivity contribution in [3.8, 4) is 11.6 Å². The highest BCUT2D eigenvalue weighted by atomic mass is 35.5. The van der Waals surface area contributed by atoms with Crippen LogP contribution in [0.5, 0.6) is 11.6 Å². The number of anilines is 2. The first kappa shape index (κ1) is 25.7. The Morgan fingerprint density at radius 3 is 2.76 bits per heavy atom. The SMILES string of the molecule is CC(=O)N1CCN(CCCOc2n[nH]c3cncc(Nc4ccc(OCc5ccccn5)c(Cl)c4)c23)CC1. The number of amides is 1. The highest BCUT2D eigenvalue weighted by Crippen LogP contribution is 2.34. The summed E-state index contributed by atoms with van der Waals surface area (Å²) in [5.41, 5.74) is 3.13. The van der Waals surface area contributed by atoms with Crippen LogP contribution in [0.4, 0.5) is 11.4 Å². The van der Waals surface area contributed by atoms with Crippen molar-refractivity contribution >= 4 is 39.8 Å². The summed E-state index contributed by atoms with van der Waals surface area (Å²) in [5.74, 6) is 1.24. The number of carbonyl (C=O) groups is 1. The van der Waals surface area contributed by atoms with Crippen LogP contribution in [0.3, 0.4) is 0 Å². The van der Waals surface area contributed by atoms with Crippen LogP contribution in [-0.2, 0) is 11.4 Å². The zero-order valence-electron chi connectivity index (χ0n) is 21.2. The van der Waals surface area contributed by atoms with Gasteiger partial charge in [-0.25, -0.2) is 0 Å². The molecular weight excluding hydrogens is 506 g/mol. The van der Waals surface area contributed by atoms with Gasteiger partial charge in [-0.1, -0.05) is 17.7 Å². The predicted octanol–water partition coefficient (Wildman–Crippen LogP) is 4.26. The summed E-state index contributed by atoms with van der Waals surface area (Å²) < 4.78 is 11.9. The van der Waals surface area contributed by atoms with Crippen LogP contribution < -0.4 is 14.8 Å². The Labute approximate surface area is 225 Å². The average molecular weight is 536 g/mol. The number of piperazine rings is 1. The number of ether oxygens (including phenoxy) is 2. The second-order valence-corrected chi connectivity index (χ2v) is 9.48. The van der Waals surface area contributed by atoms with Crippen LogP contribution in [0.2, 0.25) is 5.02 Å². The number of nitrogens with zero attached hydrogens (tertiary/aromatic N) is 5. The van der Waals surface area contributed by atoms with Crippen molar-refractivity contribution in [1.82, 2.24) is 30.0 Å². The third-order valence-corrected chi connectivity index (χ3v) is 6.72. The lowest BCUT2D eigenvalue weighted by Gasteiger charge is -2.34. The minimum atomic E-state index is 0.143. The molecule has 0 unspecified atom stereocenters. The molecular formula is C27H30ClN7O3. The van der Waals surface area contributed by atoms with Gasteiger partial charge in [-0.3, -0.25) is 24.8 Å². The predicted molar refractivity (Wildman–Crippen MR) is 146 cm³/mol. The maximum absolute atomic E-state index is 11.5. The molecule has 1 saturated heterocycles. The molecule has 0 atom stereocenters. The maximum Gasteiger partial charge on any atom is 0.242 e. The van der Waals surface area contributed by atoms with Gasteiger partial charge in [0.15, 0.2) is 0 Å². The van der Waals surface area contributed by atoms with E-state index in [1.165, 1.54) is 0 Å². The van der Waals surface area contributed by atoms with Gasteiger partial charge in [0.25, 0.3) is 0 Å². The van der Waals surface area contributed by atoms with Gasteiger partial charge in [-0.2, -0.15) is 0 Å². The Hall–Kier alpha value is -3.89. The van der Waals surface area contributed by atoms with E-state index in [0.29, 0.717) is 29.9 Å². The van der Waals surface area contributed by atoms with Crippen LogP contribution in [0.25, 0.3) is 10.9 Å². The highest BCUT2D eigenvalue weighted by molar-refractivity contribution is 6.32. The van der Waals surface area contributed by atoms with Gasteiger partial charge in [0.2, 0.25) is 11.8 Å². The molecule has 1 fully saturated rings. The first-order chi connectivity index (χ1) is 18.6. The zero-order chi connectivity index (χ0) is 26.3. The van der Waals surface area contributed by atoms with Crippen LogP contribution in [0.15, 0.2) is 55.0 Å². The fourth-order valence-electron chi connectivity index (χ4n) is 4.37. The van der Waals surface area contributed by atoms with Gasteiger partial charge in [0.1, 0.15) is 12.4 Å². The molecule has 0 bridgehead atoms. The molecule has 1 amide bonds. The molecule has 5 rings (SSSR count). The summed E-state index contributed by atoms with van der Waals surface area (Å²) in [6.07, 6.45) is 6.04. The van der Waals surface area contributed by atoms with Gasteiger partial charge < -0.3 is 19.7 Å². The number of pyridine rings is 2. The van der Waals surface area contributed by atoms with Gasteiger partial charge in [-0.15, -0.1) is 5.10 Å². The highest BCUT2D eigenvalue weighted by Gasteiger charge is 2.18. The van der Waals surface area contributed by atoms with Crippen LogP contribution in [-0.4, -0.2) is 75.2 Å².